The van der Waals surface area contributed by atoms with E-state index in [-0.39, 0.29) is 11.8 Å². The summed E-state index contributed by atoms with van der Waals surface area (Å²) in [5.74, 6) is 0.918. The van der Waals surface area contributed by atoms with Gasteiger partial charge in [0, 0.05) is 59.4 Å². The molecule has 1 aliphatic heterocycles. The van der Waals surface area contributed by atoms with Crippen molar-refractivity contribution in [2.45, 2.75) is 32.1 Å². The maximum atomic E-state index is 12.7. The number of nitrogens with zero attached hydrogens (tertiary/aromatic N) is 4. The molecule has 0 spiro atoms. The van der Waals surface area contributed by atoms with Crippen molar-refractivity contribution in [1.29, 1.82) is 0 Å². The SMILES string of the molecule is CN1CN=C(c2nc3c([nH]2)CC(N)=CC=C3c2ccsc2)c2cc(-c3cncc(NC(=O)C4CCCC4)c3)ccc21. The number of carbonyl (C=O) groups is 1. The van der Waals surface area contributed by atoms with E-state index in [0.29, 0.717) is 13.1 Å². The summed E-state index contributed by atoms with van der Waals surface area (Å²) < 4.78 is 0. The Bertz CT molecular complexity index is 1720. The number of H-pyrrole nitrogens is 1. The lowest BCUT2D eigenvalue weighted by molar-refractivity contribution is -0.119. The molecule has 1 fully saturated rings. The van der Waals surface area contributed by atoms with Gasteiger partial charge in [-0.05, 0) is 65.1 Å². The van der Waals surface area contributed by atoms with Crippen LogP contribution < -0.4 is 16.0 Å². The molecule has 1 saturated carbocycles. The van der Waals surface area contributed by atoms with Crippen molar-refractivity contribution in [3.8, 4) is 11.1 Å². The fourth-order valence-electron chi connectivity index (χ4n) is 5.93. The van der Waals surface area contributed by atoms with Gasteiger partial charge in [0.1, 0.15) is 12.4 Å². The van der Waals surface area contributed by atoms with Crippen LogP contribution in [0.2, 0.25) is 0 Å². The Balaban J connectivity index is 1.24. The lowest BCUT2D eigenvalue weighted by Gasteiger charge is -2.26. The highest BCUT2D eigenvalue weighted by molar-refractivity contribution is 7.08. The zero-order chi connectivity index (χ0) is 27.9. The number of imidazole rings is 1. The predicted octanol–water partition coefficient (Wildman–Crippen LogP) is 5.74. The average molecular weight is 562 g/mol. The van der Waals surface area contributed by atoms with Gasteiger partial charge in [-0.3, -0.25) is 14.8 Å². The summed E-state index contributed by atoms with van der Waals surface area (Å²) >= 11 is 1.66. The van der Waals surface area contributed by atoms with E-state index in [1.807, 2.05) is 25.4 Å². The van der Waals surface area contributed by atoms with E-state index in [1.165, 1.54) is 0 Å². The van der Waals surface area contributed by atoms with Crippen LogP contribution in [0.5, 0.6) is 0 Å². The smallest absolute Gasteiger partial charge is 0.227 e. The van der Waals surface area contributed by atoms with E-state index in [9.17, 15) is 4.79 Å². The minimum atomic E-state index is 0.0897. The zero-order valence-corrected chi connectivity index (χ0v) is 23.7. The molecule has 4 heterocycles. The molecule has 0 unspecified atom stereocenters. The van der Waals surface area contributed by atoms with Gasteiger partial charge in [0.05, 0.1) is 17.6 Å². The predicted molar refractivity (Wildman–Crippen MR) is 165 cm³/mol. The molecule has 9 heteroatoms. The summed E-state index contributed by atoms with van der Waals surface area (Å²) in [5, 5.41) is 7.29. The molecule has 0 atom stereocenters. The van der Waals surface area contributed by atoms with Crippen LogP contribution >= 0.6 is 11.3 Å². The molecule has 0 bridgehead atoms. The van der Waals surface area contributed by atoms with Crippen LogP contribution in [0.25, 0.3) is 16.7 Å². The van der Waals surface area contributed by atoms with Gasteiger partial charge >= 0.3 is 0 Å². The van der Waals surface area contributed by atoms with Crippen LogP contribution in [0.1, 0.15) is 54.0 Å². The number of anilines is 2. The Morgan fingerprint density at radius 3 is 2.80 bits per heavy atom. The van der Waals surface area contributed by atoms with Crippen molar-refractivity contribution in [1.82, 2.24) is 15.0 Å². The highest BCUT2D eigenvalue weighted by Gasteiger charge is 2.26. The molecule has 1 amide bonds. The highest BCUT2D eigenvalue weighted by Crippen LogP contribution is 2.35. The molecule has 4 N–H and O–H groups in total. The Kier molecular flexibility index (Phi) is 6.51. The van der Waals surface area contributed by atoms with E-state index in [0.717, 1.165) is 93.5 Å². The summed E-state index contributed by atoms with van der Waals surface area (Å²) in [5.41, 5.74) is 16.7. The molecule has 1 aromatic carbocycles. The van der Waals surface area contributed by atoms with Gasteiger partial charge < -0.3 is 20.9 Å². The van der Waals surface area contributed by atoms with E-state index >= 15 is 0 Å². The fraction of sp³-hybridized carbons (Fsp3) is 0.250. The van der Waals surface area contributed by atoms with Crippen LogP contribution in [0.3, 0.4) is 0 Å². The molecule has 41 heavy (non-hydrogen) atoms. The van der Waals surface area contributed by atoms with Crippen LogP contribution in [0.4, 0.5) is 11.4 Å². The first-order valence-electron chi connectivity index (χ1n) is 14.0. The molecule has 0 radical (unpaired) electrons. The third-order valence-corrected chi connectivity index (χ3v) is 8.79. The number of nitrogens with two attached hydrogens (primary N) is 1. The second-order valence-corrected chi connectivity index (χ2v) is 11.7. The number of hydrogen-bond donors (Lipinski definition) is 3. The van der Waals surface area contributed by atoms with Crippen LogP contribution in [-0.4, -0.2) is 40.3 Å². The molecule has 0 saturated heterocycles. The van der Waals surface area contributed by atoms with E-state index in [1.54, 1.807) is 17.5 Å². The highest BCUT2D eigenvalue weighted by atomic mass is 32.1. The normalized spacial score (nSPS) is 16.8. The minimum Gasteiger partial charge on any atom is -0.402 e. The molecule has 7 rings (SSSR count). The maximum absolute atomic E-state index is 12.7. The van der Waals surface area contributed by atoms with E-state index < -0.39 is 0 Å². The van der Waals surface area contributed by atoms with Crippen molar-refractivity contribution >= 4 is 39.9 Å². The number of hydrogen-bond acceptors (Lipinski definition) is 7. The van der Waals surface area contributed by atoms with Gasteiger partial charge in [-0.1, -0.05) is 25.0 Å². The van der Waals surface area contributed by atoms with Crippen LogP contribution in [-0.2, 0) is 11.2 Å². The largest absolute Gasteiger partial charge is 0.402 e. The third kappa shape index (κ3) is 4.86. The van der Waals surface area contributed by atoms with Crippen molar-refractivity contribution in [3.05, 3.63) is 99.7 Å². The van der Waals surface area contributed by atoms with Gasteiger partial charge in [-0.2, -0.15) is 11.3 Å². The monoisotopic (exact) mass is 561 g/mol. The quantitative estimate of drug-likeness (QED) is 0.288. The maximum Gasteiger partial charge on any atom is 0.227 e. The van der Waals surface area contributed by atoms with E-state index in [2.05, 4.69) is 61.3 Å². The van der Waals surface area contributed by atoms with Gasteiger partial charge in [0.25, 0.3) is 0 Å². The number of pyridine rings is 1. The first-order valence-corrected chi connectivity index (χ1v) is 14.9. The third-order valence-electron chi connectivity index (χ3n) is 8.10. The van der Waals surface area contributed by atoms with Crippen molar-refractivity contribution in [2.24, 2.45) is 16.6 Å². The van der Waals surface area contributed by atoms with Gasteiger partial charge in [0.2, 0.25) is 5.91 Å². The minimum absolute atomic E-state index is 0.0897. The number of aromatic nitrogens is 3. The van der Waals surface area contributed by atoms with Gasteiger partial charge in [0.15, 0.2) is 5.82 Å². The number of amides is 1. The molecule has 3 aliphatic rings. The summed E-state index contributed by atoms with van der Waals surface area (Å²) in [7, 11) is 2.04. The lowest BCUT2D eigenvalue weighted by atomic mass is 9.98. The number of allylic oxidation sites excluding steroid dienone is 3. The molecule has 2 aliphatic carbocycles. The number of nitrogens with one attached hydrogen (secondary N) is 2. The molecule has 4 aromatic rings. The first-order chi connectivity index (χ1) is 20.0. The fourth-order valence-corrected chi connectivity index (χ4v) is 6.59. The second kappa shape index (κ2) is 10.5. The average Bonchev–Trinajstić information content (AvgIpc) is 3.76. The Morgan fingerprint density at radius 1 is 1.10 bits per heavy atom. The molecule has 3 aromatic heterocycles. The molecular weight excluding hydrogens is 530 g/mol. The summed E-state index contributed by atoms with van der Waals surface area (Å²) in [4.78, 5) is 32.9. The number of aliphatic imine (C=N–C) groups is 1. The number of carbonyl (C=O) groups excluding carboxylic acids is 1. The van der Waals surface area contributed by atoms with Gasteiger partial charge in [-0.25, -0.2) is 4.98 Å². The standard InChI is InChI=1S/C32H31N7OS/c1-39-18-35-30(31-37-27-14-23(33)7-8-25(29(27)38-31)21-10-11-41-17-21)26-13-20(6-9-28(26)39)22-12-24(16-34-15-22)36-32(40)19-4-2-3-5-19/h6-13,15-17,19H,2-5,14,18,33H2,1H3,(H,36,40)(H,37,38). The van der Waals surface area contributed by atoms with Crippen molar-refractivity contribution < 1.29 is 4.79 Å². The van der Waals surface area contributed by atoms with Crippen molar-refractivity contribution in [3.63, 3.8) is 0 Å². The van der Waals surface area contributed by atoms with E-state index in [4.69, 9.17) is 15.7 Å². The molecule has 206 valence electrons. The number of fused-ring (bicyclic) bond motifs is 2. The van der Waals surface area contributed by atoms with Crippen LogP contribution in [0, 0.1) is 5.92 Å². The Morgan fingerprint density at radius 2 is 1.98 bits per heavy atom. The number of rotatable bonds is 5. The number of benzene rings is 1. The zero-order valence-electron chi connectivity index (χ0n) is 22.9. The van der Waals surface area contributed by atoms with Crippen LogP contribution in [0.15, 0.2) is 76.3 Å². The number of thiophene rings is 1. The number of aromatic amines is 1. The summed E-state index contributed by atoms with van der Waals surface area (Å²) in [6.07, 6.45) is 12.3. The summed E-state index contributed by atoms with van der Waals surface area (Å²) in [6, 6.07) is 10.5. The topological polar surface area (TPSA) is 112 Å². The molecule has 8 nitrogen and oxygen atoms in total. The van der Waals surface area contributed by atoms with Gasteiger partial charge in [-0.15, -0.1) is 0 Å². The molecular formula is C32H31N7OS. The Labute approximate surface area is 242 Å². The second-order valence-electron chi connectivity index (χ2n) is 10.9. The lowest BCUT2D eigenvalue weighted by Crippen LogP contribution is -2.26. The first kappa shape index (κ1) is 25.5. The summed E-state index contributed by atoms with van der Waals surface area (Å²) in [6.45, 7) is 0.534. The Hall–Kier alpha value is -4.50. The van der Waals surface area contributed by atoms with Crippen molar-refractivity contribution in [2.75, 3.05) is 23.9 Å².